The van der Waals surface area contributed by atoms with Gasteiger partial charge in [0.15, 0.2) is 0 Å². The largest absolute Gasteiger partial charge is 0.460 e. The summed E-state index contributed by atoms with van der Waals surface area (Å²) in [4.78, 5) is 11.7. The molecule has 2 atom stereocenters. The molecule has 1 rings (SSSR count). The van der Waals surface area contributed by atoms with E-state index in [4.69, 9.17) is 4.74 Å². The minimum atomic E-state index is -0.415. The van der Waals surface area contributed by atoms with Crippen LogP contribution in [0.3, 0.4) is 0 Å². The summed E-state index contributed by atoms with van der Waals surface area (Å²) in [5, 5.41) is 3.41. The van der Waals surface area contributed by atoms with Crippen molar-refractivity contribution in [2.24, 2.45) is 0 Å². The van der Waals surface area contributed by atoms with E-state index in [9.17, 15) is 4.79 Å². The van der Waals surface area contributed by atoms with Crippen molar-refractivity contribution in [3.63, 3.8) is 0 Å². The molecule has 1 aromatic carbocycles. The normalized spacial score (nSPS) is 14.8. The van der Waals surface area contributed by atoms with Crippen molar-refractivity contribution >= 4 is 5.97 Å². The lowest BCUT2D eigenvalue weighted by atomic mass is 10.1. The Labute approximate surface area is 116 Å². The molecule has 0 aliphatic rings. The van der Waals surface area contributed by atoms with Crippen molar-refractivity contribution in [3.8, 4) is 0 Å². The second kappa shape index (κ2) is 6.71. The van der Waals surface area contributed by atoms with Gasteiger partial charge in [0.2, 0.25) is 0 Å². The number of rotatable bonds is 5. The minimum Gasteiger partial charge on any atom is -0.460 e. The third-order valence-electron chi connectivity index (χ3n) is 2.73. The number of ether oxygens (including phenoxy) is 1. The molecule has 0 bridgehead atoms. The van der Waals surface area contributed by atoms with Gasteiger partial charge in [-0.25, -0.2) is 0 Å². The summed E-state index contributed by atoms with van der Waals surface area (Å²) >= 11 is 0. The van der Waals surface area contributed by atoms with Crippen molar-refractivity contribution in [1.82, 2.24) is 5.32 Å². The molecule has 0 aliphatic heterocycles. The zero-order chi connectivity index (χ0) is 14.5. The molecule has 3 nitrogen and oxygen atoms in total. The highest BCUT2D eigenvalue weighted by atomic mass is 16.6. The van der Waals surface area contributed by atoms with Gasteiger partial charge >= 0.3 is 5.97 Å². The van der Waals surface area contributed by atoms with Crippen LogP contribution in [-0.4, -0.2) is 17.6 Å². The fraction of sp³-hybridized carbons (Fsp3) is 0.562. The second-order valence-electron chi connectivity index (χ2n) is 5.99. The van der Waals surface area contributed by atoms with Crippen LogP contribution in [-0.2, 0) is 9.53 Å². The molecule has 3 heteroatoms. The van der Waals surface area contributed by atoms with Crippen LogP contribution in [0.5, 0.6) is 0 Å². The lowest BCUT2D eigenvalue weighted by Crippen LogP contribution is -2.33. The summed E-state index contributed by atoms with van der Waals surface area (Å²) in [6.07, 6.45) is 0.383. The summed E-state index contributed by atoms with van der Waals surface area (Å²) in [6.45, 7) is 9.76. The topological polar surface area (TPSA) is 38.3 Å². The molecule has 0 saturated heterocycles. The smallest absolute Gasteiger partial charge is 0.307 e. The summed E-state index contributed by atoms with van der Waals surface area (Å²) in [5.41, 5.74) is 0.806. The molecule has 0 spiro atoms. The van der Waals surface area contributed by atoms with Crippen LogP contribution in [0.2, 0.25) is 0 Å². The molecule has 0 aromatic heterocycles. The Balaban J connectivity index is 2.43. The first-order valence-electron chi connectivity index (χ1n) is 6.81. The maximum atomic E-state index is 11.7. The van der Waals surface area contributed by atoms with E-state index in [0.717, 1.165) is 0 Å². The van der Waals surface area contributed by atoms with E-state index in [0.29, 0.717) is 6.42 Å². The first kappa shape index (κ1) is 15.7. The van der Waals surface area contributed by atoms with Crippen LogP contribution in [0.15, 0.2) is 30.3 Å². The molecule has 0 aliphatic carbocycles. The predicted octanol–water partition coefficient (Wildman–Crippen LogP) is 3.46. The van der Waals surface area contributed by atoms with Gasteiger partial charge in [0.05, 0.1) is 6.42 Å². The fourth-order valence-corrected chi connectivity index (χ4v) is 1.96. The van der Waals surface area contributed by atoms with E-state index in [2.05, 4.69) is 24.4 Å². The monoisotopic (exact) mass is 263 g/mol. The zero-order valence-corrected chi connectivity index (χ0v) is 12.6. The Morgan fingerprint density at radius 1 is 1.21 bits per heavy atom. The van der Waals surface area contributed by atoms with Crippen LogP contribution in [0.4, 0.5) is 0 Å². The van der Waals surface area contributed by atoms with Crippen LogP contribution < -0.4 is 5.32 Å². The third kappa shape index (κ3) is 6.39. The van der Waals surface area contributed by atoms with Crippen molar-refractivity contribution in [2.75, 3.05) is 0 Å². The van der Waals surface area contributed by atoms with Gasteiger partial charge in [0, 0.05) is 12.1 Å². The fourth-order valence-electron chi connectivity index (χ4n) is 1.96. The van der Waals surface area contributed by atoms with Crippen molar-refractivity contribution in [2.45, 2.75) is 58.7 Å². The van der Waals surface area contributed by atoms with Gasteiger partial charge in [-0.3, -0.25) is 4.79 Å². The molecule has 0 amide bonds. The van der Waals surface area contributed by atoms with E-state index in [1.165, 1.54) is 5.56 Å². The second-order valence-corrected chi connectivity index (χ2v) is 5.99. The number of hydrogen-bond acceptors (Lipinski definition) is 3. The standard InChI is InChI=1S/C16H25NO2/c1-12(11-15(18)19-16(3,4)5)17-13(2)14-9-7-6-8-10-14/h6-10,12-13,17H,11H2,1-5H3/t12-,13?/m0/s1. The summed E-state index contributed by atoms with van der Waals surface area (Å²) in [7, 11) is 0. The molecule has 1 unspecified atom stereocenters. The lowest BCUT2D eigenvalue weighted by Gasteiger charge is -2.23. The average molecular weight is 263 g/mol. The maximum Gasteiger partial charge on any atom is 0.307 e. The molecule has 1 aromatic rings. The van der Waals surface area contributed by atoms with Crippen molar-refractivity contribution in [1.29, 1.82) is 0 Å². The van der Waals surface area contributed by atoms with E-state index >= 15 is 0 Å². The summed E-state index contributed by atoms with van der Waals surface area (Å²) in [5.74, 6) is -0.159. The molecule has 0 heterocycles. The summed E-state index contributed by atoms with van der Waals surface area (Å²) < 4.78 is 5.32. The minimum absolute atomic E-state index is 0.0880. The first-order valence-corrected chi connectivity index (χ1v) is 6.81. The quantitative estimate of drug-likeness (QED) is 0.827. The Kier molecular flexibility index (Phi) is 5.55. The van der Waals surface area contributed by atoms with Crippen molar-refractivity contribution in [3.05, 3.63) is 35.9 Å². The Hall–Kier alpha value is -1.35. The number of benzene rings is 1. The zero-order valence-electron chi connectivity index (χ0n) is 12.6. The van der Waals surface area contributed by atoms with Gasteiger partial charge in [0.25, 0.3) is 0 Å². The van der Waals surface area contributed by atoms with E-state index in [-0.39, 0.29) is 18.1 Å². The molecule has 19 heavy (non-hydrogen) atoms. The van der Waals surface area contributed by atoms with Gasteiger partial charge in [0.1, 0.15) is 5.60 Å². The average Bonchev–Trinajstić information content (AvgIpc) is 2.27. The summed E-state index contributed by atoms with van der Waals surface area (Å²) in [6, 6.07) is 10.5. The van der Waals surface area contributed by atoms with Crippen LogP contribution in [0.25, 0.3) is 0 Å². The molecular weight excluding hydrogens is 238 g/mol. The van der Waals surface area contributed by atoms with Gasteiger partial charge in [-0.05, 0) is 40.2 Å². The SMILES string of the molecule is CC(N[C@@H](C)CC(=O)OC(C)(C)C)c1ccccc1. The first-order chi connectivity index (χ1) is 8.78. The van der Waals surface area contributed by atoms with Gasteiger partial charge < -0.3 is 10.1 Å². The number of carbonyl (C=O) groups excluding carboxylic acids is 1. The highest BCUT2D eigenvalue weighted by molar-refractivity contribution is 5.70. The molecule has 106 valence electrons. The van der Waals surface area contributed by atoms with Gasteiger partial charge in [-0.15, -0.1) is 0 Å². The highest BCUT2D eigenvalue weighted by Gasteiger charge is 2.19. The molecule has 1 N–H and O–H groups in total. The van der Waals surface area contributed by atoms with E-state index in [1.807, 2.05) is 45.9 Å². The van der Waals surface area contributed by atoms with Crippen LogP contribution >= 0.6 is 0 Å². The molecule has 0 fully saturated rings. The number of esters is 1. The van der Waals surface area contributed by atoms with E-state index in [1.54, 1.807) is 0 Å². The number of carbonyl (C=O) groups is 1. The van der Waals surface area contributed by atoms with Gasteiger partial charge in [-0.2, -0.15) is 0 Å². The van der Waals surface area contributed by atoms with Crippen LogP contribution in [0.1, 0.15) is 52.6 Å². The number of nitrogens with one attached hydrogen (secondary N) is 1. The molecule has 0 saturated carbocycles. The maximum absolute atomic E-state index is 11.7. The van der Waals surface area contributed by atoms with Gasteiger partial charge in [-0.1, -0.05) is 30.3 Å². The Bertz CT molecular complexity index is 395. The van der Waals surface area contributed by atoms with Crippen molar-refractivity contribution < 1.29 is 9.53 Å². The Morgan fingerprint density at radius 3 is 2.32 bits per heavy atom. The Morgan fingerprint density at radius 2 is 1.79 bits per heavy atom. The predicted molar refractivity (Wildman–Crippen MR) is 77.9 cm³/mol. The molecule has 0 radical (unpaired) electrons. The van der Waals surface area contributed by atoms with Crippen LogP contribution in [0, 0.1) is 0 Å². The van der Waals surface area contributed by atoms with E-state index < -0.39 is 5.60 Å². The third-order valence-corrected chi connectivity index (χ3v) is 2.73. The molecular formula is C16H25NO2. The number of hydrogen-bond donors (Lipinski definition) is 1. The lowest BCUT2D eigenvalue weighted by molar-refractivity contribution is -0.155. The highest BCUT2D eigenvalue weighted by Crippen LogP contribution is 2.14.